The van der Waals surface area contributed by atoms with E-state index in [9.17, 15) is 4.79 Å². The summed E-state index contributed by atoms with van der Waals surface area (Å²) in [6.07, 6.45) is 2.07. The van der Waals surface area contributed by atoms with E-state index in [0.717, 1.165) is 52.4 Å². The van der Waals surface area contributed by atoms with Crippen LogP contribution in [0.25, 0.3) is 11.3 Å². The smallest absolute Gasteiger partial charge is 0.413 e. The van der Waals surface area contributed by atoms with Gasteiger partial charge >= 0.3 is 6.09 Å². The molecule has 1 aromatic heterocycles. The van der Waals surface area contributed by atoms with Gasteiger partial charge in [-0.15, -0.1) is 0 Å². The molecule has 0 unspecified atom stereocenters. The van der Waals surface area contributed by atoms with E-state index >= 15 is 0 Å². The second-order valence-corrected chi connectivity index (χ2v) is 11.5. The minimum absolute atomic E-state index is 0.336. The maximum absolute atomic E-state index is 12.7. The minimum atomic E-state index is -0.640. The van der Waals surface area contributed by atoms with E-state index in [1.165, 1.54) is 17.5 Å². The predicted octanol–water partition coefficient (Wildman–Crippen LogP) is 4.43. The molecule has 10 nitrogen and oxygen atoms in total. The Morgan fingerprint density at radius 3 is 2.68 bits per heavy atom. The highest BCUT2D eigenvalue weighted by molar-refractivity contribution is 7.97. The van der Waals surface area contributed by atoms with Crippen molar-refractivity contribution in [3.8, 4) is 17.0 Å². The number of pyridine rings is 1. The van der Waals surface area contributed by atoms with Gasteiger partial charge in [-0.2, -0.15) is 19.4 Å². The van der Waals surface area contributed by atoms with Crippen LogP contribution in [0.3, 0.4) is 0 Å². The van der Waals surface area contributed by atoms with E-state index in [-0.39, 0.29) is 0 Å². The van der Waals surface area contributed by atoms with Crippen LogP contribution in [-0.2, 0) is 23.5 Å². The molecule has 38 heavy (non-hydrogen) atoms. The fourth-order valence-electron chi connectivity index (χ4n) is 4.47. The number of nitrogens with zero attached hydrogens (tertiary/aromatic N) is 5. The molecule has 3 aliphatic rings. The summed E-state index contributed by atoms with van der Waals surface area (Å²) in [6, 6.07) is 2.53. The SMILES string of the molecule is COc1c(C)cnc(Cn2nc3cc(CCNC(C)C)c4c-3c(n2)C(NC(=O)OC(C)(C)C)=NSC4)c1C. The summed E-state index contributed by atoms with van der Waals surface area (Å²) in [5, 5.41) is 16.0. The number of alkyl carbamates (subject to hydrolysis) is 1. The molecule has 2 aliphatic heterocycles. The molecule has 0 saturated carbocycles. The lowest BCUT2D eigenvalue weighted by Gasteiger charge is -2.20. The Bertz CT molecular complexity index is 1330. The van der Waals surface area contributed by atoms with Gasteiger partial charge in [0, 0.05) is 34.7 Å². The lowest BCUT2D eigenvalue weighted by Crippen LogP contribution is -2.37. The van der Waals surface area contributed by atoms with Gasteiger partial charge in [-0.3, -0.25) is 10.3 Å². The number of amidine groups is 1. The largest absolute Gasteiger partial charge is 0.496 e. The molecule has 0 bridgehead atoms. The van der Waals surface area contributed by atoms with Gasteiger partial charge in [0.15, 0.2) is 5.84 Å². The van der Waals surface area contributed by atoms with Crippen LogP contribution >= 0.6 is 11.9 Å². The number of ether oxygens (including phenoxy) is 2. The Hall–Kier alpha value is -3.18. The van der Waals surface area contributed by atoms with Crippen LogP contribution in [0.5, 0.6) is 5.75 Å². The molecule has 204 valence electrons. The van der Waals surface area contributed by atoms with Crippen LogP contribution < -0.4 is 15.4 Å². The number of hydrogen-bond donors (Lipinski definition) is 2. The highest BCUT2D eigenvalue weighted by atomic mass is 32.2. The molecule has 0 spiro atoms. The zero-order valence-corrected chi connectivity index (χ0v) is 24.2. The monoisotopic (exact) mass is 539 g/mol. The van der Waals surface area contributed by atoms with Crippen LogP contribution in [0.2, 0.25) is 0 Å². The first-order chi connectivity index (χ1) is 18.0. The molecule has 1 aromatic rings. The van der Waals surface area contributed by atoms with Crippen molar-refractivity contribution in [1.82, 2.24) is 30.6 Å². The Balaban J connectivity index is 1.77. The number of amides is 1. The van der Waals surface area contributed by atoms with Crippen molar-refractivity contribution in [1.29, 1.82) is 0 Å². The first kappa shape index (κ1) is 27.8. The first-order valence-corrected chi connectivity index (χ1v) is 13.7. The van der Waals surface area contributed by atoms with E-state index in [4.69, 9.17) is 19.7 Å². The third-order valence-electron chi connectivity index (χ3n) is 6.13. The van der Waals surface area contributed by atoms with Crippen molar-refractivity contribution in [3.05, 3.63) is 45.9 Å². The number of hydrogen-bond acceptors (Lipinski definition) is 9. The normalized spacial score (nSPS) is 13.4. The van der Waals surface area contributed by atoms with E-state index in [2.05, 4.69) is 39.9 Å². The van der Waals surface area contributed by atoms with E-state index in [1.807, 2.05) is 34.6 Å². The maximum atomic E-state index is 12.7. The third kappa shape index (κ3) is 6.27. The van der Waals surface area contributed by atoms with Gasteiger partial charge in [0.05, 0.1) is 18.5 Å². The fourth-order valence-corrected chi connectivity index (χ4v) is 5.25. The Kier molecular flexibility index (Phi) is 8.27. The zero-order valence-electron chi connectivity index (χ0n) is 23.4. The highest BCUT2D eigenvalue weighted by Crippen LogP contribution is 2.38. The average Bonchev–Trinajstić information content (AvgIpc) is 3.05. The number of carbonyl (C=O) groups excluding carboxylic acids is 1. The first-order valence-electron chi connectivity index (χ1n) is 12.8. The molecule has 4 rings (SSSR count). The number of aryl methyl sites for hydroxylation is 1. The highest BCUT2D eigenvalue weighted by Gasteiger charge is 2.30. The van der Waals surface area contributed by atoms with Gasteiger partial charge in [-0.1, -0.05) is 13.8 Å². The number of carbonyl (C=O) groups is 1. The lowest BCUT2D eigenvalue weighted by atomic mass is 10.1. The maximum Gasteiger partial charge on any atom is 0.413 e. The lowest BCUT2D eigenvalue weighted by molar-refractivity contribution is 0.0563. The molecular formula is C27H37N7O3S. The third-order valence-corrected chi connectivity index (χ3v) is 6.86. The molecule has 2 N–H and O–H groups in total. The molecule has 1 amide bonds. The zero-order chi connectivity index (χ0) is 27.6. The summed E-state index contributed by atoms with van der Waals surface area (Å²) in [6.45, 7) is 14.9. The summed E-state index contributed by atoms with van der Waals surface area (Å²) >= 11 is 1.38. The van der Waals surface area contributed by atoms with E-state index in [0.29, 0.717) is 29.9 Å². The Labute approximate surface area is 228 Å². The van der Waals surface area contributed by atoms with E-state index in [1.54, 1.807) is 18.1 Å². The molecule has 0 aromatic carbocycles. The van der Waals surface area contributed by atoms with Gasteiger partial charge in [-0.05, 0) is 76.7 Å². The fraction of sp³-hybridized carbons (Fsp3) is 0.519. The van der Waals surface area contributed by atoms with Crippen molar-refractivity contribution in [2.24, 2.45) is 4.40 Å². The van der Waals surface area contributed by atoms with Crippen LogP contribution in [0.1, 0.15) is 68.3 Å². The minimum Gasteiger partial charge on any atom is -0.496 e. The molecule has 0 radical (unpaired) electrons. The summed E-state index contributed by atoms with van der Waals surface area (Å²) in [4.78, 5) is 18.9. The topological polar surface area (TPSA) is 116 Å². The Morgan fingerprint density at radius 2 is 2.00 bits per heavy atom. The average molecular weight is 540 g/mol. The van der Waals surface area contributed by atoms with Crippen LogP contribution in [0.4, 0.5) is 4.79 Å². The number of methoxy groups -OCH3 is 1. The second-order valence-electron chi connectivity index (χ2n) is 10.7. The number of nitrogens with one attached hydrogen (secondary N) is 2. The van der Waals surface area contributed by atoms with Gasteiger partial charge in [0.2, 0.25) is 0 Å². The van der Waals surface area contributed by atoms with Gasteiger partial charge < -0.3 is 14.8 Å². The summed E-state index contributed by atoms with van der Waals surface area (Å²) < 4.78 is 15.7. The number of rotatable bonds is 7. The predicted molar refractivity (Wildman–Crippen MR) is 150 cm³/mol. The Morgan fingerprint density at radius 1 is 1.24 bits per heavy atom. The van der Waals surface area contributed by atoms with Crippen molar-refractivity contribution in [2.75, 3.05) is 13.7 Å². The molecule has 0 fully saturated rings. The van der Waals surface area contributed by atoms with Gasteiger partial charge in [0.25, 0.3) is 0 Å². The van der Waals surface area contributed by atoms with Gasteiger partial charge in [0.1, 0.15) is 23.6 Å². The van der Waals surface area contributed by atoms with Crippen molar-refractivity contribution >= 4 is 23.9 Å². The standard InChI is InChI=1S/C27H37N7O3S/c1-15(2)28-10-9-18-11-20-22-19(18)14-38-33-25(30-26(35)37-27(5,6)7)23(22)32-34(31-20)13-21-17(4)24(36-8)16(3)12-29-21/h11-12,15,28H,9-10,13-14H2,1-8H3,(H,30,33,35). The summed E-state index contributed by atoms with van der Waals surface area (Å²) in [7, 11) is 1.66. The van der Waals surface area contributed by atoms with Crippen LogP contribution in [0.15, 0.2) is 16.7 Å². The molecule has 0 saturated heterocycles. The summed E-state index contributed by atoms with van der Waals surface area (Å²) in [5.41, 5.74) is 6.71. The molecule has 0 atom stereocenters. The van der Waals surface area contributed by atoms with Crippen LogP contribution in [-0.4, -0.2) is 57.2 Å². The molecule has 1 aliphatic carbocycles. The molecular weight excluding hydrogens is 502 g/mol. The van der Waals surface area contributed by atoms with Crippen LogP contribution in [0, 0.1) is 13.8 Å². The molecule has 3 heterocycles. The van der Waals surface area contributed by atoms with E-state index < -0.39 is 11.7 Å². The van der Waals surface area contributed by atoms with Gasteiger partial charge in [-0.25, -0.2) is 4.79 Å². The quantitative estimate of drug-likeness (QED) is 0.424. The summed E-state index contributed by atoms with van der Waals surface area (Å²) in [5.74, 6) is 1.82. The van der Waals surface area contributed by atoms with Crippen molar-refractivity contribution < 1.29 is 14.3 Å². The van der Waals surface area contributed by atoms with Crippen molar-refractivity contribution in [2.45, 2.75) is 78.8 Å². The molecule has 11 heteroatoms. The van der Waals surface area contributed by atoms with Crippen molar-refractivity contribution in [3.63, 3.8) is 0 Å². The number of aromatic nitrogens is 4. The second kappa shape index (κ2) is 11.3.